The standard InChI is InChI=1S/Ca.Cr.La.4O.Sr/q+2;;+3;;;2*-1;+2. The average Bonchev–Trinajstić information content (AvgIpc) is 0.722. The molecule has 0 aliphatic carbocycles. The first-order chi connectivity index (χ1) is 2.00. The van der Waals surface area contributed by atoms with E-state index in [1.807, 2.05) is 0 Å². The van der Waals surface area contributed by atoms with Crippen LogP contribution in [0.2, 0.25) is 0 Å². The fraction of sp³-hybridized carbons (Fsp3) is 0. The molecule has 0 saturated carbocycles. The van der Waals surface area contributed by atoms with Crippen molar-refractivity contribution in [3.8, 4) is 0 Å². The second kappa shape index (κ2) is 11.0. The minimum Gasteiger partial charge on any atom is 2.00 e. The van der Waals surface area contributed by atoms with E-state index in [0.29, 0.717) is 0 Å². The summed E-state index contributed by atoms with van der Waals surface area (Å²) >= 11 is -5.75. The van der Waals surface area contributed by atoms with E-state index in [9.17, 15) is 0 Å². The summed E-state index contributed by atoms with van der Waals surface area (Å²) in [5.41, 5.74) is 0. The molecule has 32 valence electrons. The second-order valence-corrected chi connectivity index (χ2v) is 1.68. The zero-order valence-corrected chi connectivity index (χ0v) is 14.6. The quantitative estimate of drug-likeness (QED) is 0.410. The molecule has 0 amide bonds. The van der Waals surface area contributed by atoms with Crippen molar-refractivity contribution in [1.29, 1.82) is 0 Å². The average molecular weight is 383 g/mol. The Bertz CT molecular complexity index is 99.2. The molecule has 8 heteroatoms. The van der Waals surface area contributed by atoms with Gasteiger partial charge in [-0.05, 0) is 0 Å². The molecule has 0 atom stereocenters. The predicted molar refractivity (Wildman–Crippen MR) is 12.9 cm³/mol. The summed E-state index contributed by atoms with van der Waals surface area (Å²) in [5, 5.41) is 0. The Balaban J connectivity index is -0.0000000267. The molecule has 0 unspecified atom stereocenters. The van der Waals surface area contributed by atoms with Gasteiger partial charge >= 0.3 is 148 Å². The number of hydrogen-bond donors (Lipinski definition) is 0. The largest absolute Gasteiger partial charge is 2.00 e. The fourth-order valence-electron chi connectivity index (χ4n) is 0. The van der Waals surface area contributed by atoms with Gasteiger partial charge in [0.25, 0.3) is 0 Å². The maximum Gasteiger partial charge on any atom is 2.00 e. The molecule has 0 aliphatic rings. The third-order valence-corrected chi connectivity index (χ3v) is 0. The zero-order chi connectivity index (χ0) is 4.50. The van der Waals surface area contributed by atoms with Gasteiger partial charge in [-0.15, -0.1) is 0 Å². The molecule has 0 saturated heterocycles. The molecular formula is CaCrLaO4Sr+5. The zero-order valence-electron chi connectivity index (χ0n) is 4.03. The van der Waals surface area contributed by atoms with Crippen molar-refractivity contribution in [2.75, 3.05) is 0 Å². The third kappa shape index (κ3) is 50.7. The van der Waals surface area contributed by atoms with Gasteiger partial charge in [0.15, 0.2) is 0 Å². The van der Waals surface area contributed by atoms with Crippen LogP contribution in [0.3, 0.4) is 0 Å². The summed E-state index contributed by atoms with van der Waals surface area (Å²) in [6.07, 6.45) is 0. The Morgan fingerprint density at radius 1 is 1.12 bits per heavy atom. The van der Waals surface area contributed by atoms with Crippen molar-refractivity contribution in [2.24, 2.45) is 0 Å². The van der Waals surface area contributed by atoms with Crippen LogP contribution in [-0.4, -0.2) is 83.2 Å². The number of hydrogen-bond acceptors (Lipinski definition) is 4. The van der Waals surface area contributed by atoms with Gasteiger partial charge in [0.1, 0.15) is 0 Å². The molecule has 0 aromatic carbocycles. The normalized spacial score (nSPS) is 7.25. The van der Waals surface area contributed by atoms with E-state index < -0.39 is 13.6 Å². The molecule has 8 heavy (non-hydrogen) atoms. The molecule has 0 heterocycles. The summed E-state index contributed by atoms with van der Waals surface area (Å²) in [6, 6.07) is 0. The van der Waals surface area contributed by atoms with Crippen LogP contribution >= 0.6 is 0 Å². The van der Waals surface area contributed by atoms with Crippen LogP contribution in [0.15, 0.2) is 0 Å². The van der Waals surface area contributed by atoms with Gasteiger partial charge in [-0.1, -0.05) is 0 Å². The van der Waals surface area contributed by atoms with E-state index in [1.54, 1.807) is 0 Å². The van der Waals surface area contributed by atoms with Crippen LogP contribution < -0.4 is 8.32 Å². The van der Waals surface area contributed by atoms with E-state index in [0.717, 1.165) is 0 Å². The van der Waals surface area contributed by atoms with Crippen LogP contribution in [0.1, 0.15) is 0 Å². The summed E-state index contributed by atoms with van der Waals surface area (Å²) < 4.78 is 34.4. The van der Waals surface area contributed by atoms with Crippen LogP contribution in [0.25, 0.3) is 0 Å². The molecule has 0 radical (unpaired) electrons. The maximum absolute atomic E-state index is 8.59. The first-order valence-corrected chi connectivity index (χ1v) is 2.75. The van der Waals surface area contributed by atoms with Gasteiger partial charge in [-0.2, -0.15) is 0 Å². The van der Waals surface area contributed by atoms with Crippen LogP contribution in [0.5, 0.6) is 0 Å². The monoisotopic (exact) mass is 383 g/mol. The van der Waals surface area contributed by atoms with Gasteiger partial charge in [-0.25, -0.2) is 0 Å². The summed E-state index contributed by atoms with van der Waals surface area (Å²) in [4.78, 5) is 0. The van der Waals surface area contributed by atoms with Gasteiger partial charge in [0, 0.05) is 0 Å². The summed E-state index contributed by atoms with van der Waals surface area (Å²) in [5.74, 6) is 0. The molecular weight excluding hydrogens is 383 g/mol. The van der Waals surface area contributed by atoms with Crippen LogP contribution in [-0.2, 0) is 21.2 Å². The fourth-order valence-corrected chi connectivity index (χ4v) is 0. The Labute approximate surface area is 144 Å². The predicted octanol–water partition coefficient (Wildman–Crippen LogP) is -3.38. The molecule has 4 nitrogen and oxygen atoms in total. The molecule has 0 aromatic heterocycles. The Morgan fingerprint density at radius 2 is 1.12 bits per heavy atom. The van der Waals surface area contributed by atoms with E-state index >= 15 is 0 Å². The molecule has 0 bridgehead atoms. The minimum atomic E-state index is -5.75. The smallest absolute Gasteiger partial charge is 2.00 e. The van der Waals surface area contributed by atoms with Crippen molar-refractivity contribution < 1.29 is 65.1 Å². The summed E-state index contributed by atoms with van der Waals surface area (Å²) in [6.45, 7) is 0. The van der Waals surface area contributed by atoms with Gasteiger partial charge in [0.2, 0.25) is 0 Å². The van der Waals surface area contributed by atoms with Crippen LogP contribution in [0.4, 0.5) is 0 Å². The van der Waals surface area contributed by atoms with Gasteiger partial charge < -0.3 is 0 Å². The number of rotatable bonds is 0. The van der Waals surface area contributed by atoms with Crippen molar-refractivity contribution in [1.82, 2.24) is 0 Å². The SMILES string of the molecule is [Ca+2].[La+3].[O]=[Cr](=[O])([O-])[O-].[Sr+2]. The van der Waals surface area contributed by atoms with Crippen molar-refractivity contribution in [3.63, 3.8) is 0 Å². The Morgan fingerprint density at radius 3 is 1.12 bits per heavy atom. The second-order valence-electron chi connectivity index (χ2n) is 0.408. The molecule has 0 fully saturated rings. The van der Waals surface area contributed by atoms with E-state index in [4.69, 9.17) is 15.9 Å². The first kappa shape index (κ1) is 22.7. The Kier molecular flexibility index (Phi) is 31.2. The third-order valence-electron chi connectivity index (χ3n) is 0. The minimum absolute atomic E-state index is 0. The summed E-state index contributed by atoms with van der Waals surface area (Å²) in [7, 11) is 0. The molecule has 0 spiro atoms. The van der Waals surface area contributed by atoms with Crippen LogP contribution in [0, 0.1) is 35.6 Å². The van der Waals surface area contributed by atoms with E-state index in [2.05, 4.69) is 0 Å². The van der Waals surface area contributed by atoms with Crippen molar-refractivity contribution >= 4 is 83.2 Å². The Hall–Kier alpha value is 3.99. The van der Waals surface area contributed by atoms with Crippen molar-refractivity contribution in [2.45, 2.75) is 0 Å². The van der Waals surface area contributed by atoms with Crippen molar-refractivity contribution in [3.05, 3.63) is 0 Å². The van der Waals surface area contributed by atoms with E-state index in [-0.39, 0.29) is 119 Å². The van der Waals surface area contributed by atoms with Gasteiger partial charge in [0.05, 0.1) is 0 Å². The maximum atomic E-state index is 8.59. The topological polar surface area (TPSA) is 80.3 Å². The van der Waals surface area contributed by atoms with E-state index in [1.165, 1.54) is 0 Å². The molecule has 0 aromatic rings. The first-order valence-electron chi connectivity index (χ1n) is 0.667. The molecule has 0 aliphatic heterocycles. The molecule has 0 rings (SSSR count). The molecule has 0 N–H and O–H groups in total. The van der Waals surface area contributed by atoms with Gasteiger partial charge in [-0.3, -0.25) is 0 Å².